The molecule has 5 nitrogen and oxygen atoms in total. The molecule has 3 unspecified atom stereocenters. The molecule has 92 valence electrons. The minimum Gasteiger partial charge on any atom is -0.352 e. The Kier molecular flexibility index (Phi) is 3.71. The molecule has 0 radical (unpaired) electrons. The highest BCUT2D eigenvalue weighted by Gasteiger charge is 2.36. The fraction of sp³-hybridized carbons (Fsp3) is 0.500. The number of hydrogen-bond acceptors (Lipinski definition) is 4. The molecule has 1 aromatic rings. The number of nitro groups is 1. The molecule has 1 aliphatic rings. The minimum absolute atomic E-state index is 0.0910. The van der Waals surface area contributed by atoms with Crippen LogP contribution in [0.5, 0.6) is 0 Å². The minimum atomic E-state index is -0.748. The summed E-state index contributed by atoms with van der Waals surface area (Å²) in [6, 6.07) is 8.67. The summed E-state index contributed by atoms with van der Waals surface area (Å²) in [5, 5.41) is 11.1. The lowest BCUT2D eigenvalue weighted by Crippen LogP contribution is -2.32. The first-order valence-electron chi connectivity index (χ1n) is 5.60. The monoisotopic (exact) mass is 237 g/mol. The van der Waals surface area contributed by atoms with Crippen LogP contribution in [0.25, 0.3) is 0 Å². The summed E-state index contributed by atoms with van der Waals surface area (Å²) in [5.41, 5.74) is 0.923. The van der Waals surface area contributed by atoms with Crippen LogP contribution < -0.4 is 0 Å². The van der Waals surface area contributed by atoms with Gasteiger partial charge in [-0.1, -0.05) is 30.3 Å². The highest BCUT2D eigenvalue weighted by Crippen LogP contribution is 2.25. The van der Waals surface area contributed by atoms with Crippen LogP contribution in [-0.2, 0) is 9.47 Å². The van der Waals surface area contributed by atoms with Gasteiger partial charge in [-0.15, -0.1) is 0 Å². The van der Waals surface area contributed by atoms with Gasteiger partial charge in [0.1, 0.15) is 6.61 Å². The zero-order chi connectivity index (χ0) is 12.3. The Morgan fingerprint density at radius 1 is 1.24 bits per heavy atom. The van der Waals surface area contributed by atoms with E-state index in [-0.39, 0.29) is 23.7 Å². The number of ether oxygens (including phenoxy) is 2. The fourth-order valence-electron chi connectivity index (χ4n) is 1.98. The number of benzene rings is 1. The first kappa shape index (κ1) is 12.0. The molecule has 0 saturated carbocycles. The molecule has 2 rings (SSSR count). The van der Waals surface area contributed by atoms with Crippen LogP contribution in [0.15, 0.2) is 30.3 Å². The van der Waals surface area contributed by atoms with Crippen LogP contribution in [0.3, 0.4) is 0 Å². The maximum Gasteiger partial charge on any atom is 0.245 e. The van der Waals surface area contributed by atoms with Crippen molar-refractivity contribution >= 4 is 0 Å². The largest absolute Gasteiger partial charge is 0.352 e. The Balaban J connectivity index is 2.24. The van der Waals surface area contributed by atoms with Crippen molar-refractivity contribution in [2.24, 2.45) is 0 Å². The molecule has 1 fully saturated rings. The van der Waals surface area contributed by atoms with Crippen molar-refractivity contribution in [1.29, 1.82) is 0 Å². The Hall–Kier alpha value is -1.46. The van der Waals surface area contributed by atoms with E-state index in [0.717, 1.165) is 5.56 Å². The zero-order valence-electron chi connectivity index (χ0n) is 9.61. The van der Waals surface area contributed by atoms with Crippen molar-refractivity contribution in [3.05, 3.63) is 46.0 Å². The molecule has 0 aliphatic carbocycles. The molecule has 3 atom stereocenters. The molecule has 0 amide bonds. The lowest BCUT2D eigenvalue weighted by atomic mass is 9.93. The summed E-state index contributed by atoms with van der Waals surface area (Å²) in [5.74, 6) is -0.254. The maximum atomic E-state index is 11.1. The lowest BCUT2D eigenvalue weighted by Gasteiger charge is -2.17. The molecular weight excluding hydrogens is 222 g/mol. The Morgan fingerprint density at radius 2 is 1.88 bits per heavy atom. The van der Waals surface area contributed by atoms with Crippen molar-refractivity contribution in [2.75, 3.05) is 13.2 Å². The van der Waals surface area contributed by atoms with E-state index in [9.17, 15) is 10.1 Å². The van der Waals surface area contributed by atoms with E-state index in [1.165, 1.54) is 0 Å². The van der Waals surface area contributed by atoms with Crippen molar-refractivity contribution in [2.45, 2.75) is 25.2 Å². The van der Waals surface area contributed by atoms with E-state index in [0.29, 0.717) is 6.61 Å². The number of hydrogen-bond donors (Lipinski definition) is 0. The lowest BCUT2D eigenvalue weighted by molar-refractivity contribution is -0.529. The molecule has 5 heteroatoms. The predicted octanol–water partition coefficient (Wildman–Crippen LogP) is 1.81. The fourth-order valence-corrected chi connectivity index (χ4v) is 1.98. The summed E-state index contributed by atoms with van der Waals surface area (Å²) in [6.45, 7) is 2.16. The molecule has 0 aromatic heterocycles. The van der Waals surface area contributed by atoms with Crippen molar-refractivity contribution in [3.63, 3.8) is 0 Å². The van der Waals surface area contributed by atoms with Gasteiger partial charge in [0.05, 0.1) is 12.5 Å². The van der Waals surface area contributed by atoms with E-state index < -0.39 is 6.04 Å². The van der Waals surface area contributed by atoms with Crippen LogP contribution in [0, 0.1) is 10.1 Å². The van der Waals surface area contributed by atoms with E-state index in [2.05, 4.69) is 0 Å². The SMILES string of the molecule is CC1OCC(c2ccccc2)C([N+](=O)[O-])CO1. The molecule has 1 aromatic carbocycles. The molecule has 0 N–H and O–H groups in total. The van der Waals surface area contributed by atoms with Gasteiger partial charge >= 0.3 is 0 Å². The van der Waals surface area contributed by atoms with Gasteiger partial charge in [-0.3, -0.25) is 10.1 Å². The van der Waals surface area contributed by atoms with E-state index in [4.69, 9.17) is 9.47 Å². The second-order valence-electron chi connectivity index (χ2n) is 4.10. The Morgan fingerprint density at radius 3 is 2.53 bits per heavy atom. The van der Waals surface area contributed by atoms with Gasteiger partial charge in [-0.25, -0.2) is 0 Å². The molecule has 1 saturated heterocycles. The van der Waals surface area contributed by atoms with E-state index >= 15 is 0 Å². The summed E-state index contributed by atoms with van der Waals surface area (Å²) in [7, 11) is 0. The second kappa shape index (κ2) is 5.25. The molecule has 0 spiro atoms. The molecule has 17 heavy (non-hydrogen) atoms. The van der Waals surface area contributed by atoms with Crippen molar-refractivity contribution < 1.29 is 14.4 Å². The highest BCUT2D eigenvalue weighted by atomic mass is 16.7. The molecular formula is C12H15NO4. The van der Waals surface area contributed by atoms with Gasteiger partial charge in [0.25, 0.3) is 0 Å². The van der Waals surface area contributed by atoms with Crippen LogP contribution in [0.4, 0.5) is 0 Å². The first-order valence-corrected chi connectivity index (χ1v) is 5.60. The number of nitrogens with zero attached hydrogens (tertiary/aromatic N) is 1. The molecule has 1 heterocycles. The summed E-state index contributed by atoms with van der Waals surface area (Å²) >= 11 is 0. The van der Waals surface area contributed by atoms with Crippen LogP contribution in [-0.4, -0.2) is 30.5 Å². The normalized spacial score (nSPS) is 29.6. The summed E-state index contributed by atoms with van der Waals surface area (Å²) in [6.07, 6.45) is -0.383. The van der Waals surface area contributed by atoms with Gasteiger partial charge in [-0.2, -0.15) is 0 Å². The third-order valence-electron chi connectivity index (χ3n) is 2.98. The zero-order valence-corrected chi connectivity index (χ0v) is 9.61. The summed E-state index contributed by atoms with van der Waals surface area (Å²) in [4.78, 5) is 10.8. The number of rotatable bonds is 2. The van der Waals surface area contributed by atoms with Crippen LogP contribution >= 0.6 is 0 Å². The maximum absolute atomic E-state index is 11.1. The average Bonchev–Trinajstić information content (AvgIpc) is 2.52. The summed E-state index contributed by atoms with van der Waals surface area (Å²) < 4.78 is 10.7. The third-order valence-corrected chi connectivity index (χ3v) is 2.98. The van der Waals surface area contributed by atoms with Gasteiger partial charge in [0.2, 0.25) is 6.04 Å². The van der Waals surface area contributed by atoms with Gasteiger partial charge in [0, 0.05) is 4.92 Å². The third kappa shape index (κ3) is 2.81. The van der Waals surface area contributed by atoms with Gasteiger partial charge in [0.15, 0.2) is 6.29 Å². The molecule has 0 bridgehead atoms. The van der Waals surface area contributed by atoms with Gasteiger partial charge in [-0.05, 0) is 12.5 Å². The van der Waals surface area contributed by atoms with E-state index in [1.54, 1.807) is 6.92 Å². The Bertz CT molecular complexity index is 381. The highest BCUT2D eigenvalue weighted by molar-refractivity contribution is 5.21. The molecule has 1 aliphatic heterocycles. The quantitative estimate of drug-likeness (QED) is 0.581. The topological polar surface area (TPSA) is 61.6 Å². The predicted molar refractivity (Wildman–Crippen MR) is 61.3 cm³/mol. The van der Waals surface area contributed by atoms with E-state index in [1.807, 2.05) is 30.3 Å². The second-order valence-corrected chi connectivity index (χ2v) is 4.10. The van der Waals surface area contributed by atoms with Crippen molar-refractivity contribution in [3.8, 4) is 0 Å². The van der Waals surface area contributed by atoms with Crippen LogP contribution in [0.2, 0.25) is 0 Å². The standard InChI is InChI=1S/C12H15NO4/c1-9-16-7-11(10-5-3-2-4-6-10)12(8-17-9)13(14)15/h2-6,9,11-12H,7-8H2,1H3. The van der Waals surface area contributed by atoms with Crippen molar-refractivity contribution in [1.82, 2.24) is 0 Å². The van der Waals surface area contributed by atoms with Crippen LogP contribution in [0.1, 0.15) is 18.4 Å². The Labute approximate surface area is 99.5 Å². The van der Waals surface area contributed by atoms with Gasteiger partial charge < -0.3 is 9.47 Å². The first-order chi connectivity index (χ1) is 8.18. The smallest absolute Gasteiger partial charge is 0.245 e. The average molecular weight is 237 g/mol.